The molecular formula is C20H20N6O3. The zero-order valence-corrected chi connectivity index (χ0v) is 15.6. The SMILES string of the molecule is Nc1nc(N2CCOCC2)nc2c1[C@@H](c1ccc3cccc(O)c3n1)CC(=O)N2. The number of nitrogens with one attached hydrogen (secondary N) is 1. The molecule has 0 bridgehead atoms. The number of hydrogen-bond acceptors (Lipinski definition) is 8. The van der Waals surface area contributed by atoms with Crippen molar-refractivity contribution in [3.05, 3.63) is 41.6 Å². The van der Waals surface area contributed by atoms with Crippen molar-refractivity contribution in [3.8, 4) is 5.75 Å². The van der Waals surface area contributed by atoms with Crippen LogP contribution in [0.4, 0.5) is 17.6 Å². The number of nitrogens with zero attached hydrogens (tertiary/aromatic N) is 4. The molecule has 0 unspecified atom stereocenters. The summed E-state index contributed by atoms with van der Waals surface area (Å²) in [7, 11) is 0. The molecule has 1 aromatic carbocycles. The van der Waals surface area contributed by atoms with Gasteiger partial charge in [-0.15, -0.1) is 0 Å². The highest BCUT2D eigenvalue weighted by Gasteiger charge is 2.33. The quantitative estimate of drug-likeness (QED) is 0.601. The average Bonchev–Trinajstić information content (AvgIpc) is 2.73. The monoisotopic (exact) mass is 392 g/mol. The Kier molecular flexibility index (Phi) is 4.17. The first kappa shape index (κ1) is 17.6. The first-order valence-electron chi connectivity index (χ1n) is 9.49. The summed E-state index contributed by atoms with van der Waals surface area (Å²) in [6, 6.07) is 8.96. The molecule has 0 radical (unpaired) electrons. The zero-order valence-electron chi connectivity index (χ0n) is 15.6. The minimum absolute atomic E-state index is 0.0942. The number of carbonyl (C=O) groups is 1. The second-order valence-corrected chi connectivity index (χ2v) is 7.16. The summed E-state index contributed by atoms with van der Waals surface area (Å²) in [6.45, 7) is 2.53. The number of phenols is 1. The van der Waals surface area contributed by atoms with Gasteiger partial charge in [0, 0.05) is 42.1 Å². The molecule has 2 aliphatic heterocycles. The van der Waals surface area contributed by atoms with Crippen LogP contribution in [-0.2, 0) is 9.53 Å². The zero-order chi connectivity index (χ0) is 20.0. The Morgan fingerprint density at radius 1 is 1.14 bits per heavy atom. The van der Waals surface area contributed by atoms with E-state index < -0.39 is 0 Å². The molecule has 2 aromatic heterocycles. The predicted octanol–water partition coefficient (Wildman–Crippen LogP) is 1.62. The minimum Gasteiger partial charge on any atom is -0.506 e. The van der Waals surface area contributed by atoms with E-state index in [1.807, 2.05) is 23.1 Å². The summed E-state index contributed by atoms with van der Waals surface area (Å²) < 4.78 is 5.37. The first-order chi connectivity index (χ1) is 14.1. The summed E-state index contributed by atoms with van der Waals surface area (Å²) in [5, 5.41) is 13.8. The molecule has 1 saturated heterocycles. The maximum absolute atomic E-state index is 12.4. The molecule has 0 spiro atoms. The fourth-order valence-corrected chi connectivity index (χ4v) is 3.88. The highest BCUT2D eigenvalue weighted by atomic mass is 16.5. The van der Waals surface area contributed by atoms with Gasteiger partial charge in [-0.2, -0.15) is 9.97 Å². The first-order valence-corrected chi connectivity index (χ1v) is 9.49. The maximum Gasteiger partial charge on any atom is 0.229 e. The summed E-state index contributed by atoms with van der Waals surface area (Å²) in [5.74, 6) is 0.764. The van der Waals surface area contributed by atoms with E-state index in [0.29, 0.717) is 60.7 Å². The lowest BCUT2D eigenvalue weighted by molar-refractivity contribution is -0.116. The Morgan fingerprint density at radius 2 is 1.97 bits per heavy atom. The molecule has 0 saturated carbocycles. The third-order valence-electron chi connectivity index (χ3n) is 5.33. The number of ether oxygens (including phenoxy) is 1. The van der Waals surface area contributed by atoms with Crippen molar-refractivity contribution in [3.63, 3.8) is 0 Å². The summed E-state index contributed by atoms with van der Waals surface area (Å²) in [4.78, 5) is 28.1. The fraction of sp³-hybridized carbons (Fsp3) is 0.300. The van der Waals surface area contributed by atoms with Gasteiger partial charge in [-0.3, -0.25) is 4.79 Å². The van der Waals surface area contributed by atoms with E-state index >= 15 is 0 Å². The van der Waals surface area contributed by atoms with Crippen LogP contribution in [-0.4, -0.2) is 52.3 Å². The maximum atomic E-state index is 12.4. The average molecular weight is 392 g/mol. The van der Waals surface area contributed by atoms with Crippen molar-refractivity contribution < 1.29 is 14.6 Å². The van der Waals surface area contributed by atoms with Gasteiger partial charge in [-0.1, -0.05) is 18.2 Å². The molecule has 1 atom stereocenters. The third kappa shape index (κ3) is 3.09. The number of anilines is 3. The van der Waals surface area contributed by atoms with Gasteiger partial charge in [0.15, 0.2) is 0 Å². The van der Waals surface area contributed by atoms with Gasteiger partial charge in [0.1, 0.15) is 22.9 Å². The lowest BCUT2D eigenvalue weighted by atomic mass is 9.89. The van der Waals surface area contributed by atoms with Crippen molar-refractivity contribution in [2.45, 2.75) is 12.3 Å². The Bertz CT molecular complexity index is 1110. The molecule has 2 aliphatic rings. The van der Waals surface area contributed by atoms with Crippen molar-refractivity contribution in [1.29, 1.82) is 0 Å². The van der Waals surface area contributed by atoms with Crippen molar-refractivity contribution in [2.75, 3.05) is 42.3 Å². The van der Waals surface area contributed by atoms with E-state index in [0.717, 1.165) is 5.39 Å². The molecule has 29 heavy (non-hydrogen) atoms. The topological polar surface area (TPSA) is 126 Å². The van der Waals surface area contributed by atoms with Gasteiger partial charge < -0.3 is 25.8 Å². The second kappa shape index (κ2) is 6.85. The van der Waals surface area contributed by atoms with E-state index in [4.69, 9.17) is 10.5 Å². The van der Waals surface area contributed by atoms with Gasteiger partial charge in [0.2, 0.25) is 11.9 Å². The highest BCUT2D eigenvalue weighted by molar-refractivity contribution is 5.95. The molecule has 148 valence electrons. The predicted molar refractivity (Wildman–Crippen MR) is 108 cm³/mol. The Labute approximate surface area is 166 Å². The summed E-state index contributed by atoms with van der Waals surface area (Å²) in [6.07, 6.45) is 0.184. The van der Waals surface area contributed by atoms with Crippen LogP contribution in [0, 0.1) is 0 Å². The number of rotatable bonds is 2. The van der Waals surface area contributed by atoms with Gasteiger partial charge in [0.25, 0.3) is 0 Å². The van der Waals surface area contributed by atoms with E-state index in [1.165, 1.54) is 0 Å². The smallest absolute Gasteiger partial charge is 0.229 e. The summed E-state index contributed by atoms with van der Waals surface area (Å²) >= 11 is 0. The van der Waals surface area contributed by atoms with E-state index in [1.54, 1.807) is 12.1 Å². The van der Waals surface area contributed by atoms with Gasteiger partial charge in [-0.25, -0.2) is 4.98 Å². The van der Waals surface area contributed by atoms with Crippen LogP contribution in [0.5, 0.6) is 5.75 Å². The Hall–Kier alpha value is -3.46. The number of nitrogen functional groups attached to an aromatic ring is 1. The normalized spacial score (nSPS) is 19.1. The number of para-hydroxylation sites is 1. The number of aromatic nitrogens is 3. The van der Waals surface area contributed by atoms with Gasteiger partial charge in [0.05, 0.1) is 13.2 Å². The Morgan fingerprint density at radius 3 is 2.79 bits per heavy atom. The van der Waals surface area contributed by atoms with Gasteiger partial charge in [-0.05, 0) is 12.1 Å². The number of phenolic OH excluding ortho intramolecular Hbond substituents is 1. The molecule has 5 rings (SSSR count). The molecule has 9 nitrogen and oxygen atoms in total. The van der Waals surface area contributed by atoms with E-state index in [-0.39, 0.29) is 24.0 Å². The van der Waals surface area contributed by atoms with Crippen LogP contribution in [0.2, 0.25) is 0 Å². The minimum atomic E-state index is -0.388. The second-order valence-electron chi connectivity index (χ2n) is 7.16. The van der Waals surface area contributed by atoms with Crippen LogP contribution >= 0.6 is 0 Å². The number of hydrogen-bond donors (Lipinski definition) is 3. The van der Waals surface area contributed by atoms with Crippen LogP contribution in [0.15, 0.2) is 30.3 Å². The number of pyridine rings is 1. The summed E-state index contributed by atoms with van der Waals surface area (Å²) in [5.41, 5.74) is 8.11. The number of aromatic hydroxyl groups is 1. The van der Waals surface area contributed by atoms with Crippen LogP contribution in [0.25, 0.3) is 10.9 Å². The van der Waals surface area contributed by atoms with Crippen LogP contribution < -0.4 is 16.0 Å². The molecular weight excluding hydrogens is 372 g/mol. The molecule has 3 aromatic rings. The van der Waals surface area contributed by atoms with Crippen molar-refractivity contribution in [1.82, 2.24) is 15.0 Å². The number of benzene rings is 1. The number of morpholine rings is 1. The lowest BCUT2D eigenvalue weighted by Gasteiger charge is -2.30. The third-order valence-corrected chi connectivity index (χ3v) is 5.33. The van der Waals surface area contributed by atoms with Crippen LogP contribution in [0.1, 0.15) is 23.6 Å². The van der Waals surface area contributed by atoms with Crippen LogP contribution in [0.3, 0.4) is 0 Å². The number of carbonyl (C=O) groups excluding carboxylic acids is 1. The highest BCUT2D eigenvalue weighted by Crippen LogP contribution is 2.40. The van der Waals surface area contributed by atoms with Gasteiger partial charge >= 0.3 is 0 Å². The van der Waals surface area contributed by atoms with E-state index in [2.05, 4.69) is 20.3 Å². The molecule has 9 heteroatoms. The largest absolute Gasteiger partial charge is 0.506 e. The number of amides is 1. The van der Waals surface area contributed by atoms with Crippen molar-refractivity contribution >= 4 is 34.4 Å². The lowest BCUT2D eigenvalue weighted by Crippen LogP contribution is -2.38. The molecule has 1 fully saturated rings. The molecule has 1 amide bonds. The number of nitrogens with two attached hydrogens (primary N) is 1. The molecule has 4 N–H and O–H groups in total. The number of fused-ring (bicyclic) bond motifs is 2. The fourth-order valence-electron chi connectivity index (χ4n) is 3.88. The van der Waals surface area contributed by atoms with Crippen molar-refractivity contribution in [2.24, 2.45) is 0 Å². The standard InChI is InChI=1S/C20H20N6O3/c21-18-16-12(13-5-4-11-2-1-3-14(27)17(11)22-13)10-15(28)23-19(16)25-20(24-18)26-6-8-29-9-7-26/h1-5,12,27H,6-10H2,(H3,21,23,24,25,28)/t12-/m1/s1. The molecule has 0 aliphatic carbocycles. The van der Waals surface area contributed by atoms with E-state index in [9.17, 15) is 9.90 Å². The molecule has 4 heterocycles. The Balaban J connectivity index is 1.60.